The van der Waals surface area contributed by atoms with Crippen molar-refractivity contribution in [2.45, 2.75) is 13.8 Å². The van der Waals surface area contributed by atoms with Gasteiger partial charge in [-0.05, 0) is 49.8 Å². The number of benzene rings is 2. The highest BCUT2D eigenvalue weighted by molar-refractivity contribution is 5.79. The number of aromatic nitrogens is 1. The first kappa shape index (κ1) is 17.7. The third kappa shape index (κ3) is 4.28. The van der Waals surface area contributed by atoms with Crippen molar-refractivity contribution in [2.75, 3.05) is 11.4 Å². The fourth-order valence-electron chi connectivity index (χ4n) is 2.91. The Kier molecular flexibility index (Phi) is 6.00. The van der Waals surface area contributed by atoms with Crippen LogP contribution in [0.4, 0.5) is 5.69 Å². The molecule has 2 aromatic carbocycles. The average molecular weight is 340 g/mol. The van der Waals surface area contributed by atoms with E-state index in [1.54, 1.807) is 0 Å². The van der Waals surface area contributed by atoms with Crippen LogP contribution in [0.3, 0.4) is 0 Å². The number of anilines is 1. The van der Waals surface area contributed by atoms with Gasteiger partial charge in [-0.15, -0.1) is 0 Å². The van der Waals surface area contributed by atoms with E-state index in [4.69, 9.17) is 0 Å². The van der Waals surface area contributed by atoms with E-state index >= 15 is 0 Å². The summed E-state index contributed by atoms with van der Waals surface area (Å²) in [6, 6.07) is 20.8. The lowest BCUT2D eigenvalue weighted by Gasteiger charge is -2.20. The van der Waals surface area contributed by atoms with Gasteiger partial charge in [0.15, 0.2) is 0 Å². The molecule has 1 aromatic heterocycles. The fourth-order valence-corrected chi connectivity index (χ4v) is 2.91. The summed E-state index contributed by atoms with van der Waals surface area (Å²) in [7, 11) is 0. The molecule has 3 aromatic rings. The van der Waals surface area contributed by atoms with E-state index in [-0.39, 0.29) is 0 Å². The second-order valence-corrected chi connectivity index (χ2v) is 5.97. The van der Waals surface area contributed by atoms with Crippen LogP contribution in [0.15, 0.2) is 85.1 Å². The largest absolute Gasteiger partial charge is 0.348 e. The lowest BCUT2D eigenvalue weighted by molar-refractivity contribution is 1.01. The van der Waals surface area contributed by atoms with Gasteiger partial charge in [-0.3, -0.25) is 0 Å². The standard InChI is InChI=1S/C24H24N2/c1-3-11-21-13-6-8-16-24(21)26(4-2)19-10-9-14-22-18-17-20-12-5-7-15-23(20)25-22/h3,5-19H,4H2,1-2H3/b11-3-,14-9?,19-10?. The smallest absolute Gasteiger partial charge is 0.0709 e. The van der Waals surface area contributed by atoms with E-state index in [1.165, 1.54) is 11.3 Å². The van der Waals surface area contributed by atoms with Crippen LogP contribution >= 0.6 is 0 Å². The van der Waals surface area contributed by atoms with Gasteiger partial charge >= 0.3 is 0 Å². The molecule has 0 saturated heterocycles. The molecule has 0 fully saturated rings. The van der Waals surface area contributed by atoms with Gasteiger partial charge in [0.05, 0.1) is 11.2 Å². The molecule has 2 heteroatoms. The van der Waals surface area contributed by atoms with Crippen LogP contribution in [0, 0.1) is 0 Å². The monoisotopic (exact) mass is 340 g/mol. The number of para-hydroxylation sites is 2. The van der Waals surface area contributed by atoms with Crippen molar-refractivity contribution in [2.24, 2.45) is 0 Å². The molecular formula is C24H24N2. The summed E-state index contributed by atoms with van der Waals surface area (Å²) < 4.78 is 0. The van der Waals surface area contributed by atoms with Gasteiger partial charge in [0.1, 0.15) is 0 Å². The highest BCUT2D eigenvalue weighted by Crippen LogP contribution is 2.22. The van der Waals surface area contributed by atoms with Crippen LogP contribution in [-0.4, -0.2) is 11.5 Å². The Morgan fingerprint density at radius 1 is 0.885 bits per heavy atom. The predicted molar refractivity (Wildman–Crippen MR) is 114 cm³/mol. The minimum Gasteiger partial charge on any atom is -0.348 e. The van der Waals surface area contributed by atoms with Crippen molar-refractivity contribution in [3.63, 3.8) is 0 Å². The van der Waals surface area contributed by atoms with Crippen LogP contribution in [-0.2, 0) is 0 Å². The normalized spacial score (nSPS) is 11.9. The SMILES string of the molecule is C/C=C\c1ccccc1N(C=CC=Cc1ccc2ccccc2n1)CC. The lowest BCUT2D eigenvalue weighted by atomic mass is 10.1. The van der Waals surface area contributed by atoms with Crippen molar-refractivity contribution in [1.82, 2.24) is 4.98 Å². The summed E-state index contributed by atoms with van der Waals surface area (Å²) in [4.78, 5) is 6.91. The highest BCUT2D eigenvalue weighted by atomic mass is 15.1. The number of hydrogen-bond donors (Lipinski definition) is 0. The van der Waals surface area contributed by atoms with Gasteiger partial charge in [0.25, 0.3) is 0 Å². The highest BCUT2D eigenvalue weighted by Gasteiger charge is 2.03. The Morgan fingerprint density at radius 3 is 2.54 bits per heavy atom. The van der Waals surface area contributed by atoms with Crippen LogP contribution < -0.4 is 4.90 Å². The molecular weight excluding hydrogens is 316 g/mol. The van der Waals surface area contributed by atoms with E-state index < -0.39 is 0 Å². The number of allylic oxidation sites excluding steroid dienone is 3. The molecule has 0 spiro atoms. The average Bonchev–Trinajstić information content (AvgIpc) is 2.69. The zero-order chi connectivity index (χ0) is 18.2. The van der Waals surface area contributed by atoms with E-state index in [0.717, 1.165) is 23.1 Å². The van der Waals surface area contributed by atoms with Gasteiger partial charge in [0.2, 0.25) is 0 Å². The third-order valence-electron chi connectivity index (χ3n) is 4.20. The van der Waals surface area contributed by atoms with E-state index in [2.05, 4.69) is 77.6 Å². The summed E-state index contributed by atoms with van der Waals surface area (Å²) in [5.41, 5.74) is 4.42. The minimum absolute atomic E-state index is 0.910. The van der Waals surface area contributed by atoms with Crippen molar-refractivity contribution in [3.8, 4) is 0 Å². The van der Waals surface area contributed by atoms with E-state index in [0.29, 0.717) is 0 Å². The Hall–Kier alpha value is -3.13. The number of nitrogens with zero attached hydrogens (tertiary/aromatic N) is 2. The maximum absolute atomic E-state index is 4.67. The quantitative estimate of drug-likeness (QED) is 0.488. The number of hydrogen-bond acceptors (Lipinski definition) is 2. The second kappa shape index (κ2) is 8.82. The summed E-state index contributed by atoms with van der Waals surface area (Å²) in [6.07, 6.45) is 12.5. The molecule has 0 N–H and O–H groups in total. The predicted octanol–water partition coefficient (Wildman–Crippen LogP) is 6.32. The summed E-state index contributed by atoms with van der Waals surface area (Å²) in [6.45, 7) is 5.11. The molecule has 0 atom stereocenters. The molecule has 2 nitrogen and oxygen atoms in total. The molecule has 0 amide bonds. The Balaban J connectivity index is 1.76. The fraction of sp³-hybridized carbons (Fsp3) is 0.125. The minimum atomic E-state index is 0.910. The third-order valence-corrected chi connectivity index (χ3v) is 4.20. The zero-order valence-electron chi connectivity index (χ0n) is 15.3. The topological polar surface area (TPSA) is 16.1 Å². The van der Waals surface area contributed by atoms with Crippen molar-refractivity contribution >= 4 is 28.7 Å². The van der Waals surface area contributed by atoms with Crippen LogP contribution in [0.2, 0.25) is 0 Å². The number of pyridine rings is 1. The summed E-state index contributed by atoms with van der Waals surface area (Å²) >= 11 is 0. The molecule has 0 unspecified atom stereocenters. The van der Waals surface area contributed by atoms with E-state index in [9.17, 15) is 0 Å². The zero-order valence-corrected chi connectivity index (χ0v) is 15.3. The molecule has 1 heterocycles. The van der Waals surface area contributed by atoms with Gasteiger partial charge in [0, 0.05) is 23.8 Å². The Morgan fingerprint density at radius 2 is 1.69 bits per heavy atom. The first-order chi connectivity index (χ1) is 12.8. The number of rotatable bonds is 6. The van der Waals surface area contributed by atoms with E-state index in [1.807, 2.05) is 43.3 Å². The van der Waals surface area contributed by atoms with Gasteiger partial charge in [-0.1, -0.05) is 60.7 Å². The first-order valence-corrected chi connectivity index (χ1v) is 9.01. The summed E-state index contributed by atoms with van der Waals surface area (Å²) in [5, 5.41) is 1.16. The Labute approximate surface area is 155 Å². The molecule has 0 aliphatic heterocycles. The van der Waals surface area contributed by atoms with Gasteiger partial charge in [-0.2, -0.15) is 0 Å². The van der Waals surface area contributed by atoms with Gasteiger partial charge in [-0.25, -0.2) is 4.98 Å². The molecule has 26 heavy (non-hydrogen) atoms. The van der Waals surface area contributed by atoms with Crippen molar-refractivity contribution in [3.05, 3.63) is 96.3 Å². The van der Waals surface area contributed by atoms with Crippen molar-refractivity contribution < 1.29 is 0 Å². The molecule has 3 rings (SSSR count). The number of fused-ring (bicyclic) bond motifs is 1. The molecule has 0 radical (unpaired) electrons. The first-order valence-electron chi connectivity index (χ1n) is 9.01. The maximum atomic E-state index is 4.67. The summed E-state index contributed by atoms with van der Waals surface area (Å²) in [5.74, 6) is 0. The van der Waals surface area contributed by atoms with Crippen LogP contribution in [0.25, 0.3) is 23.1 Å². The molecule has 0 aliphatic rings. The van der Waals surface area contributed by atoms with Crippen molar-refractivity contribution in [1.29, 1.82) is 0 Å². The second-order valence-electron chi connectivity index (χ2n) is 5.97. The molecule has 130 valence electrons. The van der Waals surface area contributed by atoms with Gasteiger partial charge < -0.3 is 4.90 Å². The lowest BCUT2D eigenvalue weighted by Crippen LogP contribution is -2.15. The maximum Gasteiger partial charge on any atom is 0.0709 e. The molecule has 0 saturated carbocycles. The van der Waals surface area contributed by atoms with Crippen LogP contribution in [0.1, 0.15) is 25.1 Å². The molecule has 0 aliphatic carbocycles. The molecule has 0 bridgehead atoms. The van der Waals surface area contributed by atoms with Crippen LogP contribution in [0.5, 0.6) is 0 Å². The Bertz CT molecular complexity index is 951.